The van der Waals surface area contributed by atoms with Gasteiger partial charge < -0.3 is 47.1 Å². The van der Waals surface area contributed by atoms with E-state index in [2.05, 4.69) is 87.4 Å². The normalized spacial score (nSPS) is 20.1. The number of hydrogen-bond acceptors (Lipinski definition) is 12. The van der Waals surface area contributed by atoms with E-state index in [1.54, 1.807) is 6.21 Å². The molecule has 1 aromatic heterocycles. The number of carbonyl (C=O) groups is 3. The molecule has 4 heterocycles. The van der Waals surface area contributed by atoms with Gasteiger partial charge in [0.25, 0.3) is 10.0 Å². The van der Waals surface area contributed by atoms with Crippen molar-refractivity contribution in [2.75, 3.05) is 19.6 Å². The minimum absolute atomic E-state index is 0. The molecule has 4 rings (SSSR count). The maximum absolute atomic E-state index is 12.6. The smallest absolute Gasteiger partial charge is 1.00 e. The monoisotopic (exact) mass is 1330 g/mol. The summed E-state index contributed by atoms with van der Waals surface area (Å²) in [4.78, 5) is 45.9. The van der Waals surface area contributed by atoms with Crippen molar-refractivity contribution in [2.45, 2.75) is 276 Å². The number of sulfonamides is 1. The summed E-state index contributed by atoms with van der Waals surface area (Å²) in [5, 5.41) is 4.21. The second kappa shape index (κ2) is 38.1. The number of hydrogen-bond donors (Lipinski definition) is 3. The third kappa shape index (κ3) is 36.2. The molecule has 24 heteroatoms. The Bertz CT molecular complexity index is 2520. The molecule has 506 valence electrons. The molecule has 1 aromatic rings. The molecule has 88 heavy (non-hydrogen) atoms. The number of carbonyl (C=O) groups excluding carboxylic acids is 3. The minimum atomic E-state index is -3.88. The first kappa shape index (κ1) is 89.0. The van der Waals surface area contributed by atoms with E-state index in [9.17, 15) is 35.6 Å². The predicted octanol–water partition coefficient (Wildman–Crippen LogP) is 10.3. The number of ether oxygens (including phenoxy) is 3. The van der Waals surface area contributed by atoms with Crippen molar-refractivity contribution in [1.29, 1.82) is 0 Å². The summed E-state index contributed by atoms with van der Waals surface area (Å²) in [7, 11) is -6.17. The summed E-state index contributed by atoms with van der Waals surface area (Å²) in [6, 6.07) is 3.71. The van der Waals surface area contributed by atoms with Gasteiger partial charge >= 0.3 is 41.3 Å². The number of primary sulfonamides is 1. The molecular weight excluding hydrogens is 1220 g/mol. The van der Waals surface area contributed by atoms with Gasteiger partial charge in [0.2, 0.25) is 5.95 Å². The van der Waals surface area contributed by atoms with Crippen molar-refractivity contribution in [2.24, 2.45) is 33.0 Å². The van der Waals surface area contributed by atoms with E-state index in [1.807, 2.05) is 131 Å². The summed E-state index contributed by atoms with van der Waals surface area (Å²) in [5.41, 5.74) is 4.08. The molecule has 7 atom stereocenters. The van der Waals surface area contributed by atoms with E-state index in [1.165, 1.54) is 12.1 Å². The fourth-order valence-corrected chi connectivity index (χ4v) is 11.7. The zero-order chi connectivity index (χ0) is 67.3. The quantitative estimate of drug-likeness (QED) is 0.0329. The Labute approximate surface area is 560 Å². The molecule has 0 aromatic carbocycles. The number of amides is 3. The van der Waals surface area contributed by atoms with Crippen LogP contribution in [-0.4, -0.2) is 159 Å². The van der Waals surface area contributed by atoms with Crippen LogP contribution >= 0.6 is 0 Å². The zero-order valence-electron chi connectivity index (χ0n) is 57.8. The van der Waals surface area contributed by atoms with Crippen LogP contribution in [0, 0.1) is 30.6 Å². The first-order valence-electron chi connectivity index (χ1n) is 30.0. The molecule has 0 radical (unpaired) electrons. The molecule has 18 nitrogen and oxygen atoms in total. The second-order valence-corrected chi connectivity index (χ2v) is 34.9. The molecule has 0 bridgehead atoms. The molecule has 3 aliphatic heterocycles. The molecule has 0 aliphatic carbocycles. The number of nitrogens with two attached hydrogens (primary N) is 2. The SMILES string of the molecule is C=CCC(CC[C@@H]1CN(C(=O)OC(C)(C)C)C(C)(C)C1)NS(=O)C(C)(C)C.C=CCC(N)CC[C@@H]1CN(C(=O)OC(C)(C)C)C(C)(C)C1.C=C[CH2-].CC(C)(C)OC(=O)N1C[C@@H](CCC=NS(=O)C(C)(C)C)CC1(C)C.NS(=O)(=O)c1cccc(F)n1.[Cl-].[Mg+2]. The maximum atomic E-state index is 12.6. The number of rotatable bonds is 17. The van der Waals surface area contributed by atoms with Crippen LogP contribution in [0.5, 0.6) is 0 Å². The van der Waals surface area contributed by atoms with E-state index < -0.39 is 59.8 Å². The van der Waals surface area contributed by atoms with Crippen LogP contribution in [0.1, 0.15) is 216 Å². The fourth-order valence-electron chi connectivity index (χ4n) is 9.77. The van der Waals surface area contributed by atoms with Crippen LogP contribution in [0.4, 0.5) is 18.8 Å². The average Bonchev–Trinajstić information content (AvgIpc) is 3.07. The van der Waals surface area contributed by atoms with Crippen molar-refractivity contribution in [1.82, 2.24) is 24.4 Å². The van der Waals surface area contributed by atoms with E-state index in [4.69, 9.17) is 19.9 Å². The van der Waals surface area contributed by atoms with Gasteiger partial charge in [-0.15, -0.1) is 13.2 Å². The average molecular weight is 1330 g/mol. The van der Waals surface area contributed by atoms with E-state index >= 15 is 0 Å². The Morgan fingerprint density at radius 3 is 1.39 bits per heavy atom. The van der Waals surface area contributed by atoms with Crippen LogP contribution in [0.3, 0.4) is 0 Å². The van der Waals surface area contributed by atoms with Gasteiger partial charge in [-0.2, -0.15) is 8.79 Å². The Hall–Kier alpha value is -3.16. The largest absolute Gasteiger partial charge is 2.00 e. The summed E-state index contributed by atoms with van der Waals surface area (Å²) < 4.78 is 81.0. The van der Waals surface area contributed by atoms with Crippen LogP contribution < -0.4 is 28.0 Å². The number of nitrogens with one attached hydrogen (secondary N) is 1. The molecule has 3 aliphatic rings. The van der Waals surface area contributed by atoms with Gasteiger partial charge in [0.15, 0.2) is 5.03 Å². The molecule has 5 N–H and O–H groups in total. The summed E-state index contributed by atoms with van der Waals surface area (Å²) >= 11 is 0. The van der Waals surface area contributed by atoms with Crippen molar-refractivity contribution >= 4 is 79.5 Å². The van der Waals surface area contributed by atoms with Crippen molar-refractivity contribution in [3.8, 4) is 0 Å². The van der Waals surface area contributed by atoms with E-state index in [-0.39, 0.29) is 91.9 Å². The summed E-state index contributed by atoms with van der Waals surface area (Å²) in [5.74, 6) is 0.478. The zero-order valence-corrected chi connectivity index (χ0v) is 62.4. The Balaban J connectivity index is -0.00000110. The molecule has 0 spiro atoms. The summed E-state index contributed by atoms with van der Waals surface area (Å²) in [6.07, 6.45) is 16.5. The molecule has 0 saturated carbocycles. The van der Waals surface area contributed by atoms with Gasteiger partial charge in [0.1, 0.15) is 27.8 Å². The maximum Gasteiger partial charge on any atom is 2.00 e. The standard InChI is InChI=1S/C21H40N2O3S.C18H34N2O3S.C17H32N2O2.C5H5FN2O2S.C3H5.ClH.Mg/c1-10-11-17(22-27(25)20(5,6)7)13-12-16-14-21(8,9)23(15-16)18(24)26-19(2,3)4;1-16(2,3)23-15(21)20-13-14(12-18(20,7)8)10-9-11-19-24(22)17(4,5)6;1-7-8-14(18)10-9-13-11-17(5,6)19(12-13)15(20)21-16(2,3)4;6-4-2-1-3-5(8-4)11(7,9)10;1-3-2;;/h10,16-17,22H,1,11-15H2,2-9H3;11,14H,9-10,12-13H2,1-8H3;7,13-14H,1,8-12,18H2,2-6H3;1-3H,(H2,7,9,10);3H,1-2H2;1H;/q;;;;-1;;+2/p-1/t16-,17?,27?;14-,24?;13-,14?;;;;/m000..../s1. The van der Waals surface area contributed by atoms with Gasteiger partial charge in [-0.25, -0.2) is 65.6 Å². The Kier molecular flexibility index (Phi) is 38.6. The van der Waals surface area contributed by atoms with Crippen LogP contribution in [0.25, 0.3) is 0 Å². The number of allylic oxidation sites excluding steroid dienone is 1. The first-order chi connectivity index (χ1) is 38.8. The fraction of sp³-hybridized carbons (Fsp3) is 0.750. The van der Waals surface area contributed by atoms with Gasteiger partial charge in [-0.3, -0.25) is 0 Å². The number of pyridine rings is 1. The number of nitrogens with zero attached hydrogens (tertiary/aromatic N) is 5. The Morgan fingerprint density at radius 1 is 0.716 bits per heavy atom. The number of halogens is 2. The van der Waals surface area contributed by atoms with E-state index in [0.29, 0.717) is 30.8 Å². The van der Waals surface area contributed by atoms with Gasteiger partial charge in [0.05, 0.1) is 20.5 Å². The van der Waals surface area contributed by atoms with Gasteiger partial charge in [0, 0.05) is 54.5 Å². The van der Waals surface area contributed by atoms with Gasteiger partial charge in [-0.05, 0) is 246 Å². The third-order valence-corrected chi connectivity index (χ3v) is 17.6. The first-order valence-corrected chi connectivity index (χ1v) is 33.8. The van der Waals surface area contributed by atoms with Crippen molar-refractivity contribution in [3.63, 3.8) is 0 Å². The molecule has 3 saturated heterocycles. The molecule has 3 amide bonds. The Morgan fingerprint density at radius 2 is 1.08 bits per heavy atom. The second-order valence-electron chi connectivity index (χ2n) is 29.4. The predicted molar refractivity (Wildman–Crippen MR) is 359 cm³/mol. The third-order valence-electron chi connectivity index (χ3n) is 13.7. The van der Waals surface area contributed by atoms with Crippen LogP contribution in [0.15, 0.2) is 65.6 Å². The minimum Gasteiger partial charge on any atom is -1.00 e. The number of aromatic nitrogens is 1. The van der Waals surface area contributed by atoms with E-state index in [0.717, 1.165) is 89.3 Å². The van der Waals surface area contributed by atoms with Crippen LogP contribution in [0.2, 0.25) is 0 Å². The summed E-state index contributed by atoms with van der Waals surface area (Å²) in [6.45, 7) is 57.5. The molecule has 4 unspecified atom stereocenters. The number of likely N-dealkylation sites (tertiary alicyclic amines) is 3. The topological polar surface area (TPSA) is 246 Å². The molecule has 3 fully saturated rings. The molecular formula is C64H116ClFMgN8O10S3. The van der Waals surface area contributed by atoms with Crippen LogP contribution in [-0.2, 0) is 46.2 Å². The van der Waals surface area contributed by atoms with Gasteiger partial charge in [-0.1, -0.05) is 18.2 Å². The van der Waals surface area contributed by atoms with Crippen molar-refractivity contribution < 1.29 is 62.2 Å². The van der Waals surface area contributed by atoms with Crippen molar-refractivity contribution in [3.05, 3.63) is 69.0 Å².